The lowest BCUT2D eigenvalue weighted by Gasteiger charge is -2.26. The van der Waals surface area contributed by atoms with E-state index in [4.69, 9.17) is 14.5 Å². The van der Waals surface area contributed by atoms with Crippen molar-refractivity contribution in [2.24, 2.45) is 0 Å². The molecule has 10 nitrogen and oxygen atoms in total. The number of ether oxygens (including phenoxy) is 2. The third-order valence-corrected chi connectivity index (χ3v) is 8.79. The molecular weight excluding hydrogens is 494 g/mol. The van der Waals surface area contributed by atoms with Crippen LogP contribution < -0.4 is 10.1 Å². The Morgan fingerprint density at radius 1 is 1.24 bits per heavy atom. The third kappa shape index (κ3) is 5.63. The van der Waals surface area contributed by atoms with Gasteiger partial charge in [0.2, 0.25) is 0 Å². The van der Waals surface area contributed by atoms with E-state index in [2.05, 4.69) is 15.3 Å². The molecule has 0 spiro atoms. The Morgan fingerprint density at radius 2 is 2.05 bits per heavy atom. The first-order valence-electron chi connectivity index (χ1n) is 12.7. The molecule has 2 aliphatic heterocycles. The number of amides is 1. The Kier molecular flexibility index (Phi) is 7.45. The summed E-state index contributed by atoms with van der Waals surface area (Å²) in [4.78, 5) is 20.7. The molecule has 3 aromatic rings. The van der Waals surface area contributed by atoms with Crippen molar-refractivity contribution in [3.05, 3.63) is 41.6 Å². The molecule has 5 rings (SSSR count). The van der Waals surface area contributed by atoms with Gasteiger partial charge in [0.15, 0.2) is 15.5 Å². The number of nitrogens with one attached hydrogen (secondary N) is 1. The maximum absolute atomic E-state index is 13.5. The van der Waals surface area contributed by atoms with E-state index in [1.54, 1.807) is 17.9 Å². The maximum Gasteiger partial charge on any atom is 0.252 e. The highest BCUT2D eigenvalue weighted by Crippen LogP contribution is 2.32. The fourth-order valence-electron chi connectivity index (χ4n) is 5.07. The highest BCUT2D eigenvalue weighted by molar-refractivity contribution is 7.91. The molecule has 0 saturated carbocycles. The molecule has 4 heterocycles. The highest BCUT2D eigenvalue weighted by Gasteiger charge is 2.32. The molecule has 2 fully saturated rings. The van der Waals surface area contributed by atoms with Crippen LogP contribution in [-0.4, -0.2) is 92.0 Å². The average Bonchev–Trinajstić information content (AvgIpc) is 3.45. The van der Waals surface area contributed by atoms with Gasteiger partial charge in [0.05, 0.1) is 60.2 Å². The first kappa shape index (κ1) is 25.6. The van der Waals surface area contributed by atoms with Crippen LogP contribution in [0.2, 0.25) is 0 Å². The second-order valence-electron chi connectivity index (χ2n) is 9.64. The van der Waals surface area contributed by atoms with Crippen molar-refractivity contribution in [3.63, 3.8) is 0 Å². The number of benzene rings is 1. The van der Waals surface area contributed by atoms with E-state index in [-0.39, 0.29) is 23.5 Å². The van der Waals surface area contributed by atoms with Crippen LogP contribution in [0.25, 0.3) is 22.3 Å². The summed E-state index contributed by atoms with van der Waals surface area (Å²) in [5.41, 5.74) is 3.07. The lowest BCUT2D eigenvalue weighted by molar-refractivity contribution is 0.0374. The Labute approximate surface area is 216 Å². The number of hydrogen-bond donors (Lipinski definition) is 1. The van der Waals surface area contributed by atoms with Crippen LogP contribution in [0.5, 0.6) is 5.75 Å². The van der Waals surface area contributed by atoms with Crippen LogP contribution >= 0.6 is 0 Å². The van der Waals surface area contributed by atoms with Crippen LogP contribution in [0.4, 0.5) is 0 Å². The molecule has 11 heteroatoms. The molecule has 1 amide bonds. The number of aromatic nitrogens is 3. The molecular formula is C26H33N5O5S. The summed E-state index contributed by atoms with van der Waals surface area (Å²) in [6.45, 7) is 6.61. The number of fused-ring (bicyclic) bond motifs is 1. The van der Waals surface area contributed by atoms with Crippen molar-refractivity contribution in [3.8, 4) is 17.0 Å². The van der Waals surface area contributed by atoms with E-state index in [9.17, 15) is 13.2 Å². The van der Waals surface area contributed by atoms with E-state index in [0.29, 0.717) is 46.7 Å². The van der Waals surface area contributed by atoms with Gasteiger partial charge >= 0.3 is 0 Å². The zero-order valence-electron chi connectivity index (χ0n) is 21.3. The summed E-state index contributed by atoms with van der Waals surface area (Å²) in [6, 6.07) is 8.98. The normalized spacial score (nSPS) is 19.8. The van der Waals surface area contributed by atoms with Crippen molar-refractivity contribution < 1.29 is 22.7 Å². The number of hydrogen-bond acceptors (Lipinski definition) is 8. The Morgan fingerprint density at radius 3 is 2.78 bits per heavy atom. The summed E-state index contributed by atoms with van der Waals surface area (Å²) >= 11 is 0. The van der Waals surface area contributed by atoms with Crippen molar-refractivity contribution in [2.75, 3.05) is 58.0 Å². The minimum Gasteiger partial charge on any atom is -0.497 e. The van der Waals surface area contributed by atoms with Gasteiger partial charge in [-0.3, -0.25) is 9.69 Å². The standard InChI is InChI=1S/C26H33N5O5S/c1-18-24-22(26(32)27-8-4-9-30-10-12-36-13-11-30)16-23(19-5-3-6-21(15-19)35-2)28-25(24)31(29-18)20-7-14-37(33,34)17-20/h3,5-6,15-16,20H,4,7-14,17H2,1-2H3,(H,27,32). The summed E-state index contributed by atoms with van der Waals surface area (Å²) in [6.07, 6.45) is 1.31. The Hall–Kier alpha value is -3.02. The van der Waals surface area contributed by atoms with Crippen LogP contribution in [0, 0.1) is 6.92 Å². The molecule has 37 heavy (non-hydrogen) atoms. The minimum absolute atomic E-state index is 0.0252. The van der Waals surface area contributed by atoms with E-state index in [1.807, 2.05) is 31.2 Å². The molecule has 198 valence electrons. The average molecular weight is 528 g/mol. The van der Waals surface area contributed by atoms with Gasteiger partial charge in [0.25, 0.3) is 5.91 Å². The van der Waals surface area contributed by atoms with Gasteiger partial charge < -0.3 is 14.8 Å². The van der Waals surface area contributed by atoms with Crippen LogP contribution in [0.3, 0.4) is 0 Å². The van der Waals surface area contributed by atoms with E-state index in [0.717, 1.165) is 44.8 Å². The van der Waals surface area contributed by atoms with Crippen LogP contribution in [-0.2, 0) is 14.6 Å². The van der Waals surface area contributed by atoms with Gasteiger partial charge in [0, 0.05) is 25.2 Å². The second-order valence-corrected chi connectivity index (χ2v) is 11.9. The zero-order chi connectivity index (χ0) is 26.0. The van der Waals surface area contributed by atoms with Crippen molar-refractivity contribution in [1.82, 2.24) is 25.0 Å². The fourth-order valence-corrected chi connectivity index (χ4v) is 6.76. The van der Waals surface area contributed by atoms with Gasteiger partial charge in [-0.25, -0.2) is 18.1 Å². The molecule has 0 radical (unpaired) electrons. The number of carbonyl (C=O) groups is 1. The predicted octanol–water partition coefficient (Wildman–Crippen LogP) is 2.23. The van der Waals surface area contributed by atoms with Gasteiger partial charge in [-0.2, -0.15) is 5.10 Å². The molecule has 0 bridgehead atoms. The topological polar surface area (TPSA) is 116 Å². The largest absolute Gasteiger partial charge is 0.497 e. The Balaban J connectivity index is 1.48. The predicted molar refractivity (Wildman–Crippen MR) is 141 cm³/mol. The number of nitrogens with zero attached hydrogens (tertiary/aromatic N) is 4. The van der Waals surface area contributed by atoms with Gasteiger partial charge in [-0.1, -0.05) is 12.1 Å². The number of rotatable bonds is 8. The van der Waals surface area contributed by atoms with Crippen molar-refractivity contribution in [1.29, 1.82) is 0 Å². The first-order chi connectivity index (χ1) is 17.8. The van der Waals surface area contributed by atoms with E-state index >= 15 is 0 Å². The summed E-state index contributed by atoms with van der Waals surface area (Å²) in [7, 11) is -1.52. The van der Waals surface area contributed by atoms with Gasteiger partial charge in [-0.15, -0.1) is 0 Å². The number of carbonyl (C=O) groups excluding carboxylic acids is 1. The molecule has 1 atom stereocenters. The SMILES string of the molecule is COc1cccc(-c2cc(C(=O)NCCCN3CCOCC3)c3c(C)nn(C4CCS(=O)(=O)C4)c3n2)c1. The van der Waals surface area contributed by atoms with Crippen molar-refractivity contribution in [2.45, 2.75) is 25.8 Å². The molecule has 1 N–H and O–H groups in total. The zero-order valence-corrected chi connectivity index (χ0v) is 22.1. The summed E-state index contributed by atoms with van der Waals surface area (Å²) < 4.78 is 36.9. The number of aryl methyl sites for hydroxylation is 1. The molecule has 0 aliphatic carbocycles. The lowest BCUT2D eigenvalue weighted by atomic mass is 10.0. The smallest absolute Gasteiger partial charge is 0.252 e. The number of methoxy groups -OCH3 is 1. The number of sulfone groups is 1. The van der Waals surface area contributed by atoms with Gasteiger partial charge in [0.1, 0.15) is 5.75 Å². The minimum atomic E-state index is -3.12. The van der Waals surface area contributed by atoms with Crippen LogP contribution in [0.1, 0.15) is 34.9 Å². The third-order valence-electron chi connectivity index (χ3n) is 7.04. The molecule has 1 aromatic carbocycles. The van der Waals surface area contributed by atoms with Crippen LogP contribution in [0.15, 0.2) is 30.3 Å². The quantitative estimate of drug-likeness (QED) is 0.444. The molecule has 2 aromatic heterocycles. The molecule has 1 unspecified atom stereocenters. The number of pyridine rings is 1. The van der Waals surface area contributed by atoms with E-state index < -0.39 is 9.84 Å². The number of morpholine rings is 1. The Bertz CT molecular complexity index is 1400. The van der Waals surface area contributed by atoms with E-state index in [1.165, 1.54) is 0 Å². The lowest BCUT2D eigenvalue weighted by Crippen LogP contribution is -2.38. The maximum atomic E-state index is 13.5. The monoisotopic (exact) mass is 527 g/mol. The van der Waals surface area contributed by atoms with Gasteiger partial charge in [-0.05, 0) is 44.5 Å². The second kappa shape index (κ2) is 10.8. The first-order valence-corrected chi connectivity index (χ1v) is 14.5. The fraction of sp³-hybridized carbons (Fsp3) is 0.500. The highest BCUT2D eigenvalue weighted by atomic mass is 32.2. The molecule has 2 saturated heterocycles. The molecule has 2 aliphatic rings. The van der Waals surface area contributed by atoms with Crippen molar-refractivity contribution >= 4 is 26.8 Å². The summed E-state index contributed by atoms with van der Waals surface area (Å²) in [5, 5.41) is 8.40. The summed E-state index contributed by atoms with van der Waals surface area (Å²) in [5.74, 6) is 0.641.